The van der Waals surface area contributed by atoms with Crippen LogP contribution in [0, 0.1) is 5.82 Å². The van der Waals surface area contributed by atoms with Gasteiger partial charge in [0.2, 0.25) is 0 Å². The summed E-state index contributed by atoms with van der Waals surface area (Å²) < 4.78 is 23.4. The average molecular weight is 403 g/mol. The molecule has 0 radical (unpaired) electrons. The number of carbonyl (C=O) groups excluding carboxylic acids is 2. The lowest BCUT2D eigenvalue weighted by molar-refractivity contribution is -0.119. The molecule has 3 aromatic rings. The van der Waals surface area contributed by atoms with E-state index in [1.54, 1.807) is 42.7 Å². The maximum Gasteiger partial charge on any atom is 0.340 e. The minimum atomic E-state index is -0.664. The van der Waals surface area contributed by atoms with E-state index in [1.807, 2.05) is 0 Å². The first-order chi connectivity index (χ1) is 13.5. The molecule has 0 unspecified atom stereocenters. The summed E-state index contributed by atoms with van der Waals surface area (Å²) >= 11 is 5.85. The molecular weight excluding hydrogens is 387 g/mol. The first kappa shape index (κ1) is 19.4. The molecule has 0 bridgehead atoms. The number of halogens is 2. The van der Waals surface area contributed by atoms with Gasteiger partial charge in [-0.05, 0) is 42.5 Å². The summed E-state index contributed by atoms with van der Waals surface area (Å²) in [6, 6.07) is 13.9. The highest BCUT2D eigenvalue weighted by atomic mass is 35.5. The molecule has 2 N–H and O–H groups in total. The Morgan fingerprint density at radius 2 is 1.89 bits per heavy atom. The SMILES string of the molecule is O=C(COC(=O)c1ccccc1NCc1ccco1)Nc1ccc(F)cc1Cl. The van der Waals surface area contributed by atoms with Gasteiger partial charge in [-0.15, -0.1) is 0 Å². The molecule has 1 aromatic heterocycles. The zero-order chi connectivity index (χ0) is 19.9. The van der Waals surface area contributed by atoms with Crippen molar-refractivity contribution in [1.29, 1.82) is 0 Å². The largest absolute Gasteiger partial charge is 0.467 e. The number of esters is 1. The number of hydrogen-bond donors (Lipinski definition) is 2. The van der Waals surface area contributed by atoms with Crippen LogP contribution < -0.4 is 10.6 Å². The Hall–Kier alpha value is -3.32. The molecule has 28 heavy (non-hydrogen) atoms. The van der Waals surface area contributed by atoms with Gasteiger partial charge in [0.15, 0.2) is 6.61 Å². The summed E-state index contributed by atoms with van der Waals surface area (Å²) in [7, 11) is 0. The third kappa shape index (κ3) is 5.11. The molecule has 0 aliphatic carbocycles. The van der Waals surface area contributed by atoms with Crippen LogP contribution in [0.15, 0.2) is 65.3 Å². The topological polar surface area (TPSA) is 80.6 Å². The second kappa shape index (κ2) is 9.05. The first-order valence-electron chi connectivity index (χ1n) is 8.30. The molecule has 0 spiro atoms. The van der Waals surface area contributed by atoms with E-state index in [9.17, 15) is 14.0 Å². The van der Waals surface area contributed by atoms with Crippen molar-refractivity contribution >= 4 is 34.9 Å². The van der Waals surface area contributed by atoms with E-state index in [0.717, 1.165) is 12.1 Å². The summed E-state index contributed by atoms with van der Waals surface area (Å²) in [5.74, 6) is -1.07. The van der Waals surface area contributed by atoms with E-state index >= 15 is 0 Å². The number of nitrogens with one attached hydrogen (secondary N) is 2. The van der Waals surface area contributed by atoms with Gasteiger partial charge in [-0.2, -0.15) is 0 Å². The molecule has 3 rings (SSSR count). The Balaban J connectivity index is 1.57. The van der Waals surface area contributed by atoms with Crippen molar-refractivity contribution < 1.29 is 23.1 Å². The van der Waals surface area contributed by atoms with Gasteiger partial charge in [0, 0.05) is 5.69 Å². The Morgan fingerprint density at radius 3 is 2.64 bits per heavy atom. The van der Waals surface area contributed by atoms with Gasteiger partial charge >= 0.3 is 5.97 Å². The molecule has 0 saturated heterocycles. The van der Waals surface area contributed by atoms with Crippen LogP contribution in [0.3, 0.4) is 0 Å². The number of carbonyl (C=O) groups is 2. The Morgan fingerprint density at radius 1 is 1.07 bits per heavy atom. The first-order valence-corrected chi connectivity index (χ1v) is 8.68. The zero-order valence-electron chi connectivity index (χ0n) is 14.6. The summed E-state index contributed by atoms with van der Waals surface area (Å²) in [4.78, 5) is 24.3. The van der Waals surface area contributed by atoms with Gasteiger partial charge in [-0.1, -0.05) is 23.7 Å². The van der Waals surface area contributed by atoms with Crippen LogP contribution in [0.2, 0.25) is 5.02 Å². The van der Waals surface area contributed by atoms with E-state index in [-0.39, 0.29) is 16.3 Å². The fourth-order valence-corrected chi connectivity index (χ4v) is 2.61. The smallest absolute Gasteiger partial charge is 0.340 e. The van der Waals surface area contributed by atoms with E-state index < -0.39 is 24.3 Å². The highest BCUT2D eigenvalue weighted by molar-refractivity contribution is 6.33. The van der Waals surface area contributed by atoms with E-state index in [4.69, 9.17) is 20.8 Å². The van der Waals surface area contributed by atoms with E-state index in [1.165, 1.54) is 6.07 Å². The highest BCUT2D eigenvalue weighted by Gasteiger charge is 2.15. The van der Waals surface area contributed by atoms with Crippen molar-refractivity contribution in [1.82, 2.24) is 0 Å². The molecule has 0 saturated carbocycles. The third-order valence-corrected chi connectivity index (χ3v) is 4.03. The molecule has 144 valence electrons. The molecule has 8 heteroatoms. The maximum atomic E-state index is 13.0. The second-order valence-electron chi connectivity index (χ2n) is 5.73. The standard InChI is InChI=1S/C20H16ClFN2O4/c21-16-10-13(22)7-8-18(16)24-19(25)12-28-20(26)15-5-1-2-6-17(15)23-11-14-4-3-9-27-14/h1-10,23H,11-12H2,(H,24,25). The van der Waals surface area contributed by atoms with Crippen LogP contribution in [0.1, 0.15) is 16.1 Å². The molecule has 0 aliphatic heterocycles. The molecule has 0 atom stereocenters. The number of ether oxygens (including phenoxy) is 1. The molecule has 0 aliphatic rings. The highest BCUT2D eigenvalue weighted by Crippen LogP contribution is 2.22. The van der Waals surface area contributed by atoms with E-state index in [2.05, 4.69) is 10.6 Å². The van der Waals surface area contributed by atoms with Crippen LogP contribution in [0.25, 0.3) is 0 Å². The number of furan rings is 1. The Labute approximate surface area is 165 Å². The number of hydrogen-bond acceptors (Lipinski definition) is 5. The van der Waals surface area contributed by atoms with Crippen LogP contribution in [-0.4, -0.2) is 18.5 Å². The van der Waals surface area contributed by atoms with Gasteiger partial charge in [-0.3, -0.25) is 4.79 Å². The van der Waals surface area contributed by atoms with Crippen molar-refractivity contribution in [3.8, 4) is 0 Å². The maximum absolute atomic E-state index is 13.0. The second-order valence-corrected chi connectivity index (χ2v) is 6.13. The molecule has 6 nitrogen and oxygen atoms in total. The van der Waals surface area contributed by atoms with Crippen LogP contribution in [-0.2, 0) is 16.1 Å². The van der Waals surface area contributed by atoms with Crippen LogP contribution >= 0.6 is 11.6 Å². The van der Waals surface area contributed by atoms with Crippen molar-refractivity contribution in [2.45, 2.75) is 6.54 Å². The minimum Gasteiger partial charge on any atom is -0.467 e. The lowest BCUT2D eigenvalue weighted by Gasteiger charge is -2.11. The summed E-state index contributed by atoms with van der Waals surface area (Å²) in [6.07, 6.45) is 1.56. The number of para-hydroxylation sites is 1. The quantitative estimate of drug-likeness (QED) is 0.569. The van der Waals surface area contributed by atoms with Crippen molar-refractivity contribution in [3.05, 3.63) is 83.0 Å². The molecule has 1 amide bonds. The van der Waals surface area contributed by atoms with Crippen molar-refractivity contribution in [2.75, 3.05) is 17.2 Å². The summed E-state index contributed by atoms with van der Waals surface area (Å²) in [6.45, 7) is -0.125. The van der Waals surface area contributed by atoms with Crippen LogP contribution in [0.5, 0.6) is 0 Å². The predicted octanol–water partition coefficient (Wildman–Crippen LogP) is 4.48. The van der Waals surface area contributed by atoms with E-state index in [0.29, 0.717) is 18.0 Å². The molecule has 2 aromatic carbocycles. The Bertz CT molecular complexity index is 976. The number of rotatable bonds is 7. The third-order valence-electron chi connectivity index (χ3n) is 3.72. The van der Waals surface area contributed by atoms with Gasteiger partial charge < -0.3 is 19.8 Å². The zero-order valence-corrected chi connectivity index (χ0v) is 15.3. The van der Waals surface area contributed by atoms with Crippen molar-refractivity contribution in [2.24, 2.45) is 0 Å². The summed E-state index contributed by atoms with van der Waals surface area (Å²) in [5, 5.41) is 5.60. The average Bonchev–Trinajstić information content (AvgIpc) is 3.20. The summed E-state index contributed by atoms with van der Waals surface area (Å²) in [5.41, 5.74) is 1.05. The Kier molecular flexibility index (Phi) is 6.29. The molecule has 1 heterocycles. The van der Waals surface area contributed by atoms with Gasteiger partial charge in [-0.25, -0.2) is 9.18 Å². The van der Waals surface area contributed by atoms with Crippen molar-refractivity contribution in [3.63, 3.8) is 0 Å². The normalized spacial score (nSPS) is 10.4. The fraction of sp³-hybridized carbons (Fsp3) is 0.100. The molecular formula is C20H16ClFN2O4. The number of amides is 1. The predicted molar refractivity (Wildman–Crippen MR) is 103 cm³/mol. The minimum absolute atomic E-state index is 0.0483. The number of anilines is 2. The fourth-order valence-electron chi connectivity index (χ4n) is 2.40. The molecule has 0 fully saturated rings. The van der Waals surface area contributed by atoms with Gasteiger partial charge in [0.05, 0.1) is 29.1 Å². The monoisotopic (exact) mass is 402 g/mol. The van der Waals surface area contributed by atoms with Crippen LogP contribution in [0.4, 0.5) is 15.8 Å². The van der Waals surface area contributed by atoms with Gasteiger partial charge in [0.25, 0.3) is 5.91 Å². The number of benzene rings is 2. The van der Waals surface area contributed by atoms with Gasteiger partial charge in [0.1, 0.15) is 11.6 Å². The lowest BCUT2D eigenvalue weighted by atomic mass is 10.2. The lowest BCUT2D eigenvalue weighted by Crippen LogP contribution is -2.21.